The predicted molar refractivity (Wildman–Crippen MR) is 86.1 cm³/mol. The van der Waals surface area contributed by atoms with Crippen LogP contribution in [0, 0.1) is 5.92 Å². The van der Waals surface area contributed by atoms with Gasteiger partial charge in [0.2, 0.25) is 5.91 Å². The molecular formula is C15H22ClNO2S. The van der Waals surface area contributed by atoms with Crippen molar-refractivity contribution in [1.82, 2.24) is 5.32 Å². The lowest BCUT2D eigenvalue weighted by atomic mass is 10.0. The summed E-state index contributed by atoms with van der Waals surface area (Å²) in [4.78, 5) is 11.9. The molecule has 0 aliphatic heterocycles. The van der Waals surface area contributed by atoms with Crippen LogP contribution in [0.1, 0.15) is 25.8 Å². The van der Waals surface area contributed by atoms with Crippen LogP contribution in [0.3, 0.4) is 0 Å². The average Bonchev–Trinajstić information content (AvgIpc) is 2.38. The lowest BCUT2D eigenvalue weighted by Gasteiger charge is -2.21. The highest BCUT2D eigenvalue weighted by atomic mass is 35.5. The summed E-state index contributed by atoms with van der Waals surface area (Å²) >= 11 is 7.47. The number of aliphatic hydroxyl groups excluding tert-OH is 1. The smallest absolute Gasteiger partial charge is 0.230 e. The van der Waals surface area contributed by atoms with Gasteiger partial charge in [-0.1, -0.05) is 37.6 Å². The molecule has 0 heterocycles. The first-order valence-electron chi connectivity index (χ1n) is 6.75. The zero-order valence-corrected chi connectivity index (χ0v) is 13.5. The molecule has 1 rings (SSSR count). The molecule has 112 valence electrons. The molecule has 5 heteroatoms. The van der Waals surface area contributed by atoms with E-state index in [-0.39, 0.29) is 18.6 Å². The van der Waals surface area contributed by atoms with E-state index in [0.29, 0.717) is 18.1 Å². The van der Waals surface area contributed by atoms with Gasteiger partial charge in [0.25, 0.3) is 0 Å². The summed E-state index contributed by atoms with van der Waals surface area (Å²) in [5, 5.41) is 12.7. The maximum absolute atomic E-state index is 11.9. The number of hydrogen-bond acceptors (Lipinski definition) is 3. The van der Waals surface area contributed by atoms with Crippen LogP contribution < -0.4 is 5.32 Å². The van der Waals surface area contributed by atoms with Crippen molar-refractivity contribution >= 4 is 29.3 Å². The summed E-state index contributed by atoms with van der Waals surface area (Å²) in [6.07, 6.45) is 0.600. The van der Waals surface area contributed by atoms with Crippen molar-refractivity contribution in [1.29, 1.82) is 0 Å². The first-order valence-corrected chi connectivity index (χ1v) is 8.28. The Morgan fingerprint density at radius 2 is 2.20 bits per heavy atom. The van der Waals surface area contributed by atoms with Crippen molar-refractivity contribution in [3.05, 3.63) is 34.9 Å². The van der Waals surface area contributed by atoms with Crippen molar-refractivity contribution in [2.45, 2.75) is 32.1 Å². The van der Waals surface area contributed by atoms with E-state index in [1.807, 2.05) is 38.1 Å². The molecule has 0 radical (unpaired) electrons. The predicted octanol–water partition coefficient (Wildman–Crippen LogP) is 3.10. The van der Waals surface area contributed by atoms with Gasteiger partial charge in [0.05, 0.1) is 5.75 Å². The molecular weight excluding hydrogens is 294 g/mol. The van der Waals surface area contributed by atoms with Crippen molar-refractivity contribution in [2.24, 2.45) is 5.92 Å². The third-order valence-electron chi connectivity index (χ3n) is 2.98. The number of nitrogens with one attached hydrogen (secondary N) is 1. The summed E-state index contributed by atoms with van der Waals surface area (Å²) in [5.74, 6) is 1.52. The van der Waals surface area contributed by atoms with Gasteiger partial charge in [-0.2, -0.15) is 0 Å². The Hall–Kier alpha value is -0.710. The molecule has 0 fully saturated rings. The van der Waals surface area contributed by atoms with Crippen molar-refractivity contribution < 1.29 is 9.90 Å². The zero-order valence-electron chi connectivity index (χ0n) is 11.9. The monoisotopic (exact) mass is 315 g/mol. The molecule has 2 N–H and O–H groups in total. The van der Waals surface area contributed by atoms with Gasteiger partial charge in [-0.15, -0.1) is 11.8 Å². The highest BCUT2D eigenvalue weighted by molar-refractivity contribution is 7.99. The Bertz CT molecular complexity index is 426. The summed E-state index contributed by atoms with van der Waals surface area (Å²) in [6, 6.07) is 7.70. The van der Waals surface area contributed by atoms with Gasteiger partial charge in [-0.3, -0.25) is 4.79 Å². The van der Waals surface area contributed by atoms with Crippen LogP contribution in [0.4, 0.5) is 0 Å². The van der Waals surface area contributed by atoms with Crippen LogP contribution in [0.5, 0.6) is 0 Å². The van der Waals surface area contributed by atoms with E-state index in [0.717, 1.165) is 16.3 Å². The number of amides is 1. The second-order valence-electron chi connectivity index (χ2n) is 5.05. The van der Waals surface area contributed by atoms with E-state index in [1.165, 1.54) is 0 Å². The molecule has 0 saturated heterocycles. The highest BCUT2D eigenvalue weighted by Crippen LogP contribution is 2.16. The van der Waals surface area contributed by atoms with E-state index in [4.69, 9.17) is 16.7 Å². The third-order valence-corrected chi connectivity index (χ3v) is 4.22. The minimum absolute atomic E-state index is 0.0178. The van der Waals surface area contributed by atoms with Gasteiger partial charge in [-0.05, 0) is 30.0 Å². The first kappa shape index (κ1) is 17.3. The lowest BCUT2D eigenvalue weighted by Crippen LogP contribution is -2.40. The molecule has 0 aromatic heterocycles. The minimum atomic E-state index is 0.0178. The van der Waals surface area contributed by atoms with Crippen molar-refractivity contribution in [3.63, 3.8) is 0 Å². The topological polar surface area (TPSA) is 49.3 Å². The quantitative estimate of drug-likeness (QED) is 0.775. The molecule has 3 nitrogen and oxygen atoms in total. The number of halogens is 1. The van der Waals surface area contributed by atoms with Crippen LogP contribution in [-0.2, 0) is 10.5 Å². The second-order valence-corrected chi connectivity index (χ2v) is 6.48. The average molecular weight is 316 g/mol. The molecule has 1 aromatic carbocycles. The summed E-state index contributed by atoms with van der Waals surface area (Å²) < 4.78 is 0. The molecule has 0 saturated carbocycles. The molecule has 0 bridgehead atoms. The van der Waals surface area contributed by atoms with Crippen LogP contribution in [0.25, 0.3) is 0 Å². The molecule has 0 aliphatic carbocycles. The van der Waals surface area contributed by atoms with Gasteiger partial charge < -0.3 is 10.4 Å². The van der Waals surface area contributed by atoms with Crippen LogP contribution in [0.15, 0.2) is 24.3 Å². The van der Waals surface area contributed by atoms with Gasteiger partial charge in [0.15, 0.2) is 0 Å². The fourth-order valence-corrected chi connectivity index (χ4v) is 2.85. The maximum atomic E-state index is 11.9. The number of carbonyl (C=O) groups is 1. The van der Waals surface area contributed by atoms with Crippen LogP contribution in [0.2, 0.25) is 5.02 Å². The molecule has 1 aromatic rings. The van der Waals surface area contributed by atoms with E-state index >= 15 is 0 Å². The number of thioether (sulfide) groups is 1. The minimum Gasteiger partial charge on any atom is -0.396 e. The summed E-state index contributed by atoms with van der Waals surface area (Å²) in [7, 11) is 0. The van der Waals surface area contributed by atoms with Crippen molar-refractivity contribution in [3.8, 4) is 0 Å². The number of aliphatic hydroxyl groups is 1. The van der Waals surface area contributed by atoms with Gasteiger partial charge >= 0.3 is 0 Å². The fraction of sp³-hybridized carbons (Fsp3) is 0.533. The molecule has 1 atom stereocenters. The molecule has 0 aliphatic rings. The Morgan fingerprint density at radius 3 is 2.80 bits per heavy atom. The maximum Gasteiger partial charge on any atom is 0.230 e. The second kappa shape index (κ2) is 9.27. The largest absolute Gasteiger partial charge is 0.396 e. The number of hydrogen-bond donors (Lipinski definition) is 2. The van der Waals surface area contributed by atoms with E-state index in [2.05, 4.69) is 5.32 Å². The number of carbonyl (C=O) groups excluding carboxylic acids is 1. The van der Waals surface area contributed by atoms with E-state index < -0.39 is 0 Å². The van der Waals surface area contributed by atoms with Crippen LogP contribution >= 0.6 is 23.4 Å². The standard InChI is InChI=1S/C15H22ClNO2S/c1-11(2)14(6-7-18)17-15(19)10-20-9-12-4-3-5-13(16)8-12/h3-5,8,11,14,18H,6-7,9-10H2,1-2H3,(H,17,19). The molecule has 20 heavy (non-hydrogen) atoms. The summed E-state index contributed by atoms with van der Waals surface area (Å²) in [5.41, 5.74) is 1.12. The normalized spacial score (nSPS) is 12.4. The lowest BCUT2D eigenvalue weighted by molar-refractivity contribution is -0.119. The highest BCUT2D eigenvalue weighted by Gasteiger charge is 2.15. The summed E-state index contributed by atoms with van der Waals surface area (Å²) in [6.45, 7) is 4.18. The SMILES string of the molecule is CC(C)C(CCO)NC(=O)CSCc1cccc(Cl)c1. The number of benzene rings is 1. The Labute approximate surface area is 130 Å². The molecule has 0 spiro atoms. The van der Waals surface area contributed by atoms with E-state index in [1.54, 1.807) is 11.8 Å². The Kier molecular flexibility index (Phi) is 8.04. The molecule has 1 unspecified atom stereocenters. The first-order chi connectivity index (χ1) is 9.52. The Morgan fingerprint density at radius 1 is 1.45 bits per heavy atom. The van der Waals surface area contributed by atoms with Gasteiger partial charge in [0, 0.05) is 23.4 Å². The van der Waals surface area contributed by atoms with Crippen LogP contribution in [-0.4, -0.2) is 29.4 Å². The van der Waals surface area contributed by atoms with Gasteiger partial charge in [0.1, 0.15) is 0 Å². The Balaban J connectivity index is 2.32. The fourth-order valence-electron chi connectivity index (χ4n) is 1.85. The van der Waals surface area contributed by atoms with Gasteiger partial charge in [-0.25, -0.2) is 0 Å². The van der Waals surface area contributed by atoms with Crippen molar-refractivity contribution in [2.75, 3.05) is 12.4 Å². The third kappa shape index (κ3) is 6.64. The zero-order chi connectivity index (χ0) is 15.0. The molecule has 1 amide bonds. The van der Waals surface area contributed by atoms with E-state index in [9.17, 15) is 4.79 Å². The number of rotatable bonds is 8.